The van der Waals surface area contributed by atoms with Crippen LogP contribution in [-0.4, -0.2) is 35.3 Å². The maximum absolute atomic E-state index is 13.7. The van der Waals surface area contributed by atoms with Crippen LogP contribution in [0.15, 0.2) is 12.1 Å². The molecule has 2 unspecified atom stereocenters. The van der Waals surface area contributed by atoms with Gasteiger partial charge in [0.15, 0.2) is 11.6 Å². The molecular formula is C12H15F2NO3S. The number of halogens is 2. The van der Waals surface area contributed by atoms with E-state index in [0.717, 1.165) is 13.2 Å². The van der Waals surface area contributed by atoms with E-state index in [2.05, 4.69) is 10.1 Å². The fraction of sp³-hybridized carbons (Fsp3) is 0.417. The van der Waals surface area contributed by atoms with Crippen LogP contribution in [0.5, 0.6) is 0 Å². The van der Waals surface area contributed by atoms with Crippen molar-refractivity contribution in [2.24, 2.45) is 0 Å². The van der Waals surface area contributed by atoms with E-state index in [0.29, 0.717) is 0 Å². The second-order valence-corrected chi connectivity index (χ2v) is 5.77. The zero-order chi connectivity index (χ0) is 14.6. The van der Waals surface area contributed by atoms with Crippen LogP contribution in [0.3, 0.4) is 0 Å². The first-order valence-electron chi connectivity index (χ1n) is 5.50. The van der Waals surface area contributed by atoms with Gasteiger partial charge >= 0.3 is 5.97 Å². The zero-order valence-corrected chi connectivity index (χ0v) is 11.6. The molecule has 2 atom stereocenters. The Morgan fingerprint density at radius 3 is 2.58 bits per heavy atom. The molecule has 0 spiro atoms. The third-order valence-corrected chi connectivity index (χ3v) is 3.93. The average molecular weight is 291 g/mol. The van der Waals surface area contributed by atoms with Crippen LogP contribution in [0.25, 0.3) is 0 Å². The second-order valence-electron chi connectivity index (χ2n) is 3.97. The molecule has 0 saturated heterocycles. The third kappa shape index (κ3) is 3.73. The molecule has 0 bridgehead atoms. The first-order chi connectivity index (χ1) is 8.88. The van der Waals surface area contributed by atoms with Crippen molar-refractivity contribution in [2.45, 2.75) is 12.2 Å². The Balaban J connectivity index is 2.91. The highest BCUT2D eigenvalue weighted by Gasteiger charge is 2.19. The summed E-state index contributed by atoms with van der Waals surface area (Å²) in [7, 11) is 0.0255. The molecule has 0 aliphatic heterocycles. The Labute approximate surface area is 112 Å². The first-order valence-corrected chi connectivity index (χ1v) is 7.13. The lowest BCUT2D eigenvalue weighted by molar-refractivity contribution is 0.0594. The van der Waals surface area contributed by atoms with E-state index in [1.165, 1.54) is 12.3 Å². The molecule has 0 aromatic heterocycles. The molecule has 1 N–H and O–H groups in total. The summed E-state index contributed by atoms with van der Waals surface area (Å²) in [5.41, 5.74) is -0.542. The standard InChI is InChI=1S/C12H15F2NO3S/c1-7(19(3)17)6-15-9-5-4-8(12(16)18-2)10(13)11(9)14/h4-5,7,15H,6H2,1-3H3. The second kappa shape index (κ2) is 6.60. The van der Waals surface area contributed by atoms with Crippen LogP contribution in [-0.2, 0) is 15.5 Å². The van der Waals surface area contributed by atoms with Gasteiger partial charge in [0.25, 0.3) is 0 Å². The van der Waals surface area contributed by atoms with Gasteiger partial charge in [-0.3, -0.25) is 4.21 Å². The monoisotopic (exact) mass is 291 g/mol. The van der Waals surface area contributed by atoms with Gasteiger partial charge < -0.3 is 10.1 Å². The van der Waals surface area contributed by atoms with Crippen LogP contribution >= 0.6 is 0 Å². The number of nitrogens with one attached hydrogen (secondary N) is 1. The molecule has 0 saturated carbocycles. The Bertz CT molecular complexity index is 508. The lowest BCUT2D eigenvalue weighted by Gasteiger charge is -2.13. The minimum absolute atomic E-state index is 0.0811. The summed E-state index contributed by atoms with van der Waals surface area (Å²) in [6.07, 6.45) is 1.53. The van der Waals surface area contributed by atoms with Gasteiger partial charge in [-0.15, -0.1) is 0 Å². The van der Waals surface area contributed by atoms with Crippen molar-refractivity contribution in [1.29, 1.82) is 0 Å². The van der Waals surface area contributed by atoms with Crippen molar-refractivity contribution in [3.05, 3.63) is 29.3 Å². The van der Waals surface area contributed by atoms with Crippen molar-refractivity contribution in [3.63, 3.8) is 0 Å². The van der Waals surface area contributed by atoms with Gasteiger partial charge in [0.05, 0.1) is 18.4 Å². The molecule has 0 aliphatic rings. The fourth-order valence-electron chi connectivity index (χ4n) is 1.32. The highest BCUT2D eigenvalue weighted by molar-refractivity contribution is 7.84. The largest absolute Gasteiger partial charge is 0.465 e. The predicted molar refractivity (Wildman–Crippen MR) is 69.7 cm³/mol. The number of rotatable bonds is 5. The van der Waals surface area contributed by atoms with E-state index in [-0.39, 0.29) is 17.5 Å². The number of esters is 1. The van der Waals surface area contributed by atoms with Crippen molar-refractivity contribution >= 4 is 22.5 Å². The number of hydrogen-bond acceptors (Lipinski definition) is 4. The lowest BCUT2D eigenvalue weighted by Crippen LogP contribution is -2.21. The lowest BCUT2D eigenvalue weighted by atomic mass is 10.2. The van der Waals surface area contributed by atoms with E-state index in [9.17, 15) is 17.8 Å². The van der Waals surface area contributed by atoms with E-state index in [1.54, 1.807) is 6.92 Å². The summed E-state index contributed by atoms with van der Waals surface area (Å²) >= 11 is 0. The van der Waals surface area contributed by atoms with Gasteiger partial charge in [-0.25, -0.2) is 13.6 Å². The number of ether oxygens (including phenoxy) is 1. The SMILES string of the molecule is COC(=O)c1ccc(NCC(C)S(C)=O)c(F)c1F. The molecule has 0 aliphatic carbocycles. The Kier molecular flexibility index (Phi) is 5.41. The number of hydrogen-bond donors (Lipinski definition) is 1. The number of benzene rings is 1. The van der Waals surface area contributed by atoms with Gasteiger partial charge in [-0.1, -0.05) is 0 Å². The van der Waals surface area contributed by atoms with Crippen LogP contribution in [0.2, 0.25) is 0 Å². The molecular weight excluding hydrogens is 276 g/mol. The molecule has 0 fully saturated rings. The van der Waals surface area contributed by atoms with Crippen molar-refractivity contribution in [2.75, 3.05) is 25.2 Å². The van der Waals surface area contributed by atoms with Gasteiger partial charge in [0.1, 0.15) is 0 Å². The Morgan fingerprint density at radius 2 is 2.05 bits per heavy atom. The first kappa shape index (κ1) is 15.6. The molecule has 106 valence electrons. The van der Waals surface area contributed by atoms with Crippen LogP contribution in [0.1, 0.15) is 17.3 Å². The quantitative estimate of drug-likeness (QED) is 0.842. The van der Waals surface area contributed by atoms with Crippen molar-refractivity contribution in [1.82, 2.24) is 0 Å². The van der Waals surface area contributed by atoms with Crippen LogP contribution in [0.4, 0.5) is 14.5 Å². The molecule has 0 radical (unpaired) electrons. The van der Waals surface area contributed by atoms with E-state index >= 15 is 0 Å². The Hall–Kier alpha value is -1.50. The van der Waals surface area contributed by atoms with Gasteiger partial charge in [0.2, 0.25) is 0 Å². The molecule has 19 heavy (non-hydrogen) atoms. The summed E-state index contributed by atoms with van der Waals surface area (Å²) in [6, 6.07) is 2.39. The average Bonchev–Trinajstić information content (AvgIpc) is 2.39. The molecule has 0 heterocycles. The van der Waals surface area contributed by atoms with E-state index in [4.69, 9.17) is 0 Å². The maximum Gasteiger partial charge on any atom is 0.340 e. The van der Waals surface area contributed by atoms with E-state index < -0.39 is 34.0 Å². The molecule has 4 nitrogen and oxygen atoms in total. The van der Waals surface area contributed by atoms with Gasteiger partial charge in [0, 0.05) is 28.9 Å². The summed E-state index contributed by atoms with van der Waals surface area (Å²) < 4.78 is 42.8. The summed E-state index contributed by atoms with van der Waals surface area (Å²) in [5.74, 6) is -3.36. The predicted octanol–water partition coefficient (Wildman–Crippen LogP) is 1.93. The molecule has 1 aromatic carbocycles. The van der Waals surface area contributed by atoms with Crippen LogP contribution < -0.4 is 5.32 Å². The third-order valence-electron chi connectivity index (χ3n) is 2.63. The highest BCUT2D eigenvalue weighted by Crippen LogP contribution is 2.21. The molecule has 1 aromatic rings. The van der Waals surface area contributed by atoms with Crippen LogP contribution in [0, 0.1) is 11.6 Å². The number of carbonyl (C=O) groups excluding carboxylic acids is 1. The van der Waals surface area contributed by atoms with Crippen molar-refractivity contribution < 1.29 is 22.5 Å². The number of anilines is 1. The highest BCUT2D eigenvalue weighted by atomic mass is 32.2. The minimum Gasteiger partial charge on any atom is -0.465 e. The number of carbonyl (C=O) groups is 1. The smallest absolute Gasteiger partial charge is 0.340 e. The normalized spacial score (nSPS) is 13.7. The minimum atomic E-state index is -1.26. The van der Waals surface area contributed by atoms with Gasteiger partial charge in [-0.05, 0) is 19.1 Å². The fourth-order valence-corrected chi connectivity index (χ4v) is 1.64. The molecule has 1 rings (SSSR count). The maximum atomic E-state index is 13.7. The number of methoxy groups -OCH3 is 1. The zero-order valence-electron chi connectivity index (χ0n) is 10.8. The summed E-state index contributed by atoms with van der Waals surface area (Å²) in [6.45, 7) is 1.96. The van der Waals surface area contributed by atoms with Gasteiger partial charge in [-0.2, -0.15) is 0 Å². The van der Waals surface area contributed by atoms with Crippen molar-refractivity contribution in [3.8, 4) is 0 Å². The van der Waals surface area contributed by atoms with E-state index in [1.807, 2.05) is 0 Å². The molecule has 0 amide bonds. The summed E-state index contributed by atoms with van der Waals surface area (Å²) in [4.78, 5) is 11.2. The molecule has 7 heteroatoms. The Morgan fingerprint density at radius 1 is 1.42 bits per heavy atom. The topological polar surface area (TPSA) is 55.4 Å². The summed E-state index contributed by atoms with van der Waals surface area (Å²) in [5, 5.41) is 2.45.